The molecule has 0 bridgehead atoms. The Morgan fingerprint density at radius 1 is 1.45 bits per heavy atom. The standard InChI is InChI=1S/C17H19NO4/c1-21-12-5-2-4-11(8-12)13-9-14(13)17(20)18-10-15(19)16-6-3-7-22-16/h2-8,13-15,19H,9-10H2,1H3,(H,18,20). The van der Waals surface area contributed by atoms with Crippen LogP contribution in [0.4, 0.5) is 0 Å². The second kappa shape index (κ2) is 6.23. The minimum Gasteiger partial charge on any atom is -0.497 e. The van der Waals surface area contributed by atoms with Crippen molar-refractivity contribution in [3.63, 3.8) is 0 Å². The molecule has 2 aromatic rings. The van der Waals surface area contributed by atoms with E-state index in [1.165, 1.54) is 6.26 Å². The summed E-state index contributed by atoms with van der Waals surface area (Å²) in [5.41, 5.74) is 1.12. The molecule has 1 fully saturated rings. The van der Waals surface area contributed by atoms with Crippen molar-refractivity contribution in [3.05, 3.63) is 54.0 Å². The Bertz CT molecular complexity index is 638. The number of methoxy groups -OCH3 is 1. The lowest BCUT2D eigenvalue weighted by Gasteiger charge is -2.09. The monoisotopic (exact) mass is 301 g/mol. The molecule has 5 nitrogen and oxygen atoms in total. The maximum atomic E-state index is 12.1. The summed E-state index contributed by atoms with van der Waals surface area (Å²) in [5, 5.41) is 12.7. The fourth-order valence-corrected chi connectivity index (χ4v) is 2.64. The predicted octanol–water partition coefficient (Wildman–Crippen LogP) is 2.24. The fraction of sp³-hybridized carbons (Fsp3) is 0.353. The Morgan fingerprint density at radius 2 is 2.32 bits per heavy atom. The van der Waals surface area contributed by atoms with Crippen molar-refractivity contribution >= 4 is 5.91 Å². The molecule has 3 rings (SSSR count). The lowest BCUT2D eigenvalue weighted by atomic mass is 10.1. The first-order valence-corrected chi connectivity index (χ1v) is 7.32. The smallest absolute Gasteiger partial charge is 0.223 e. The maximum Gasteiger partial charge on any atom is 0.223 e. The van der Waals surface area contributed by atoms with E-state index >= 15 is 0 Å². The summed E-state index contributed by atoms with van der Waals surface area (Å²) >= 11 is 0. The molecule has 1 aromatic heterocycles. The van der Waals surface area contributed by atoms with Gasteiger partial charge in [-0.1, -0.05) is 12.1 Å². The number of amides is 1. The number of benzene rings is 1. The number of aliphatic hydroxyl groups is 1. The molecular weight excluding hydrogens is 282 g/mol. The average Bonchev–Trinajstić information content (AvgIpc) is 3.17. The first kappa shape index (κ1) is 14.7. The Kier molecular flexibility index (Phi) is 4.15. The van der Waals surface area contributed by atoms with Gasteiger partial charge >= 0.3 is 0 Å². The van der Waals surface area contributed by atoms with Crippen molar-refractivity contribution in [1.82, 2.24) is 5.32 Å². The zero-order chi connectivity index (χ0) is 15.5. The third-order valence-corrected chi connectivity index (χ3v) is 3.99. The summed E-state index contributed by atoms with van der Waals surface area (Å²) in [6.45, 7) is 0.160. The number of aliphatic hydroxyl groups excluding tert-OH is 1. The molecule has 1 saturated carbocycles. The quantitative estimate of drug-likeness (QED) is 0.858. The zero-order valence-electron chi connectivity index (χ0n) is 12.4. The molecule has 1 aliphatic rings. The molecule has 22 heavy (non-hydrogen) atoms. The molecule has 3 unspecified atom stereocenters. The van der Waals surface area contributed by atoms with E-state index in [4.69, 9.17) is 9.15 Å². The Morgan fingerprint density at radius 3 is 3.05 bits per heavy atom. The summed E-state index contributed by atoms with van der Waals surface area (Å²) < 4.78 is 10.3. The van der Waals surface area contributed by atoms with Crippen LogP contribution in [0.3, 0.4) is 0 Å². The largest absolute Gasteiger partial charge is 0.497 e. The van der Waals surface area contributed by atoms with Crippen LogP contribution >= 0.6 is 0 Å². The lowest BCUT2D eigenvalue weighted by molar-refractivity contribution is -0.122. The van der Waals surface area contributed by atoms with Crippen molar-refractivity contribution in [2.45, 2.75) is 18.4 Å². The van der Waals surface area contributed by atoms with E-state index in [-0.39, 0.29) is 24.3 Å². The topological polar surface area (TPSA) is 71.7 Å². The summed E-state index contributed by atoms with van der Waals surface area (Å²) in [4.78, 5) is 12.1. The molecule has 0 radical (unpaired) electrons. The Labute approximate surface area is 128 Å². The van der Waals surface area contributed by atoms with E-state index in [1.807, 2.05) is 24.3 Å². The first-order chi connectivity index (χ1) is 10.7. The number of hydrogen-bond acceptors (Lipinski definition) is 4. The molecule has 0 spiro atoms. The lowest BCUT2D eigenvalue weighted by Crippen LogP contribution is -2.29. The Hall–Kier alpha value is -2.27. The van der Waals surface area contributed by atoms with Crippen molar-refractivity contribution in [1.29, 1.82) is 0 Å². The summed E-state index contributed by atoms with van der Waals surface area (Å²) in [6, 6.07) is 11.2. The maximum absolute atomic E-state index is 12.1. The average molecular weight is 301 g/mol. The van der Waals surface area contributed by atoms with Gasteiger partial charge in [0.15, 0.2) is 0 Å². The number of carbonyl (C=O) groups is 1. The highest BCUT2D eigenvalue weighted by Gasteiger charge is 2.44. The van der Waals surface area contributed by atoms with Crippen LogP contribution in [0, 0.1) is 5.92 Å². The molecule has 1 amide bonds. The van der Waals surface area contributed by atoms with E-state index in [1.54, 1.807) is 19.2 Å². The SMILES string of the molecule is COc1cccc(C2CC2C(=O)NCC(O)c2ccco2)c1. The predicted molar refractivity (Wildman–Crippen MR) is 80.5 cm³/mol. The van der Waals surface area contributed by atoms with Crippen LogP contribution < -0.4 is 10.1 Å². The van der Waals surface area contributed by atoms with E-state index in [0.717, 1.165) is 17.7 Å². The highest BCUT2D eigenvalue weighted by atomic mass is 16.5. The molecule has 1 heterocycles. The third kappa shape index (κ3) is 3.14. The van der Waals surface area contributed by atoms with Gasteiger partial charge in [0.25, 0.3) is 0 Å². The van der Waals surface area contributed by atoms with Gasteiger partial charge in [0.05, 0.1) is 19.9 Å². The van der Waals surface area contributed by atoms with E-state index < -0.39 is 6.10 Å². The molecule has 3 atom stereocenters. The second-order valence-electron chi connectivity index (χ2n) is 5.50. The number of rotatable bonds is 6. The molecule has 1 aliphatic carbocycles. The van der Waals surface area contributed by atoms with Gasteiger partial charge in [-0.2, -0.15) is 0 Å². The van der Waals surface area contributed by atoms with Gasteiger partial charge in [0.1, 0.15) is 17.6 Å². The molecule has 2 N–H and O–H groups in total. The van der Waals surface area contributed by atoms with Crippen LogP contribution in [-0.2, 0) is 4.79 Å². The van der Waals surface area contributed by atoms with Crippen LogP contribution in [0.5, 0.6) is 5.75 Å². The van der Waals surface area contributed by atoms with E-state index in [9.17, 15) is 9.90 Å². The van der Waals surface area contributed by atoms with Gasteiger partial charge in [-0.05, 0) is 42.2 Å². The van der Waals surface area contributed by atoms with E-state index in [0.29, 0.717) is 5.76 Å². The van der Waals surface area contributed by atoms with Crippen LogP contribution in [0.1, 0.15) is 29.8 Å². The van der Waals surface area contributed by atoms with Crippen LogP contribution in [-0.4, -0.2) is 24.7 Å². The minimum atomic E-state index is -0.812. The molecule has 116 valence electrons. The number of nitrogens with one attached hydrogen (secondary N) is 1. The van der Waals surface area contributed by atoms with E-state index in [2.05, 4.69) is 5.32 Å². The summed E-state index contributed by atoms with van der Waals surface area (Å²) in [6.07, 6.45) is 1.52. The molecular formula is C17H19NO4. The highest BCUT2D eigenvalue weighted by Crippen LogP contribution is 2.48. The van der Waals surface area contributed by atoms with Crippen molar-refractivity contribution < 1.29 is 19.1 Å². The van der Waals surface area contributed by atoms with Crippen LogP contribution in [0.25, 0.3) is 0 Å². The molecule has 0 aliphatic heterocycles. The van der Waals surface area contributed by atoms with Crippen LogP contribution in [0.2, 0.25) is 0 Å². The van der Waals surface area contributed by atoms with Gasteiger partial charge in [0.2, 0.25) is 5.91 Å². The normalized spacial score (nSPS) is 21.2. The first-order valence-electron chi connectivity index (χ1n) is 7.32. The number of carbonyl (C=O) groups excluding carboxylic acids is 1. The van der Waals surface area contributed by atoms with Gasteiger partial charge in [0, 0.05) is 5.92 Å². The third-order valence-electron chi connectivity index (χ3n) is 3.99. The number of hydrogen-bond donors (Lipinski definition) is 2. The van der Waals surface area contributed by atoms with Gasteiger partial charge in [-0.25, -0.2) is 0 Å². The zero-order valence-corrected chi connectivity index (χ0v) is 12.4. The minimum absolute atomic E-state index is 0.0292. The van der Waals surface area contributed by atoms with Crippen molar-refractivity contribution in [2.24, 2.45) is 5.92 Å². The second-order valence-corrected chi connectivity index (χ2v) is 5.50. The van der Waals surface area contributed by atoms with Crippen LogP contribution in [0.15, 0.2) is 47.1 Å². The van der Waals surface area contributed by atoms with Gasteiger partial charge < -0.3 is 19.6 Å². The van der Waals surface area contributed by atoms with Gasteiger partial charge in [-0.15, -0.1) is 0 Å². The number of ether oxygens (including phenoxy) is 1. The highest BCUT2D eigenvalue weighted by molar-refractivity contribution is 5.82. The Balaban J connectivity index is 1.52. The number of furan rings is 1. The molecule has 5 heteroatoms. The summed E-state index contributed by atoms with van der Waals surface area (Å²) in [5.74, 6) is 1.43. The van der Waals surface area contributed by atoms with Gasteiger partial charge in [-0.3, -0.25) is 4.79 Å². The van der Waals surface area contributed by atoms with Crippen molar-refractivity contribution in [3.8, 4) is 5.75 Å². The van der Waals surface area contributed by atoms with Crippen molar-refractivity contribution in [2.75, 3.05) is 13.7 Å². The molecule has 1 aromatic carbocycles. The fourth-order valence-electron chi connectivity index (χ4n) is 2.64. The summed E-state index contributed by atoms with van der Waals surface area (Å²) in [7, 11) is 1.63. The molecule has 0 saturated heterocycles.